The molecule has 0 saturated heterocycles. The van der Waals surface area contributed by atoms with Crippen molar-refractivity contribution in [2.75, 3.05) is 5.32 Å². The third-order valence-corrected chi connectivity index (χ3v) is 2.72. The Bertz CT molecular complexity index is 492. The zero-order valence-corrected chi connectivity index (χ0v) is 9.99. The highest BCUT2D eigenvalue weighted by molar-refractivity contribution is 6.29. The minimum Gasteiger partial charge on any atom is -0.366 e. The van der Waals surface area contributed by atoms with Gasteiger partial charge in [0.05, 0.1) is 6.20 Å². The summed E-state index contributed by atoms with van der Waals surface area (Å²) in [6.45, 7) is 2.74. The number of aryl methyl sites for hydroxylation is 1. The van der Waals surface area contributed by atoms with Crippen molar-refractivity contribution in [1.82, 2.24) is 14.8 Å². The topological polar surface area (TPSA) is 42.7 Å². The Morgan fingerprint density at radius 1 is 1.44 bits per heavy atom. The first-order valence-corrected chi connectivity index (χ1v) is 5.38. The average molecular weight is 237 g/mol. The Labute approximate surface area is 99.3 Å². The summed E-state index contributed by atoms with van der Waals surface area (Å²) in [5.74, 6) is 0.774. The molecule has 2 aromatic heterocycles. The van der Waals surface area contributed by atoms with Crippen LogP contribution in [0.2, 0.25) is 5.15 Å². The molecule has 2 rings (SSSR count). The molecule has 0 spiro atoms. The number of nitrogens with one attached hydrogen (secondary N) is 1. The summed E-state index contributed by atoms with van der Waals surface area (Å²) in [5, 5.41) is 7.88. The molecule has 0 fully saturated rings. The lowest BCUT2D eigenvalue weighted by molar-refractivity contribution is 0.738. The van der Waals surface area contributed by atoms with Crippen LogP contribution in [0.3, 0.4) is 0 Å². The summed E-state index contributed by atoms with van der Waals surface area (Å²) in [4.78, 5) is 4.15. The first-order chi connectivity index (χ1) is 7.66. The number of anilines is 1. The number of aromatic nitrogens is 3. The van der Waals surface area contributed by atoms with E-state index in [1.807, 2.05) is 37.0 Å². The SMILES string of the molecule is Cc1c(CNc2cccc(Cl)n2)cnn1C. The molecule has 0 saturated carbocycles. The number of pyridine rings is 1. The van der Waals surface area contributed by atoms with Gasteiger partial charge in [-0.1, -0.05) is 17.7 Å². The van der Waals surface area contributed by atoms with E-state index in [0.29, 0.717) is 11.7 Å². The number of hydrogen-bond acceptors (Lipinski definition) is 3. The summed E-state index contributed by atoms with van der Waals surface area (Å²) in [6, 6.07) is 5.51. The van der Waals surface area contributed by atoms with Gasteiger partial charge in [-0.05, 0) is 19.1 Å². The van der Waals surface area contributed by atoms with E-state index in [1.165, 1.54) is 0 Å². The maximum atomic E-state index is 5.79. The van der Waals surface area contributed by atoms with Crippen molar-refractivity contribution in [1.29, 1.82) is 0 Å². The van der Waals surface area contributed by atoms with E-state index in [0.717, 1.165) is 17.1 Å². The Kier molecular flexibility index (Phi) is 3.10. The molecule has 4 nitrogen and oxygen atoms in total. The molecule has 2 heterocycles. The number of hydrogen-bond donors (Lipinski definition) is 1. The van der Waals surface area contributed by atoms with Crippen LogP contribution in [-0.4, -0.2) is 14.8 Å². The van der Waals surface area contributed by atoms with E-state index in [-0.39, 0.29) is 0 Å². The second-order valence-electron chi connectivity index (χ2n) is 3.58. The third kappa shape index (κ3) is 2.33. The smallest absolute Gasteiger partial charge is 0.131 e. The van der Waals surface area contributed by atoms with Crippen molar-refractivity contribution in [3.8, 4) is 0 Å². The fourth-order valence-corrected chi connectivity index (χ4v) is 1.57. The monoisotopic (exact) mass is 236 g/mol. The van der Waals surface area contributed by atoms with E-state index in [2.05, 4.69) is 15.4 Å². The van der Waals surface area contributed by atoms with Crippen LogP contribution in [0.1, 0.15) is 11.3 Å². The van der Waals surface area contributed by atoms with Crippen molar-refractivity contribution >= 4 is 17.4 Å². The lowest BCUT2D eigenvalue weighted by Gasteiger charge is -2.05. The van der Waals surface area contributed by atoms with E-state index < -0.39 is 0 Å². The largest absolute Gasteiger partial charge is 0.366 e. The fraction of sp³-hybridized carbons (Fsp3) is 0.273. The van der Waals surface area contributed by atoms with Crippen LogP contribution < -0.4 is 5.32 Å². The normalized spacial score (nSPS) is 10.4. The number of nitrogens with zero attached hydrogens (tertiary/aromatic N) is 3. The second kappa shape index (κ2) is 4.53. The van der Waals surface area contributed by atoms with Gasteiger partial charge in [0.15, 0.2) is 0 Å². The highest BCUT2D eigenvalue weighted by atomic mass is 35.5. The highest BCUT2D eigenvalue weighted by Gasteiger charge is 2.03. The van der Waals surface area contributed by atoms with Crippen molar-refractivity contribution < 1.29 is 0 Å². The van der Waals surface area contributed by atoms with Gasteiger partial charge in [-0.3, -0.25) is 4.68 Å². The van der Waals surface area contributed by atoms with Crippen LogP contribution in [0.25, 0.3) is 0 Å². The van der Waals surface area contributed by atoms with Crippen LogP contribution in [-0.2, 0) is 13.6 Å². The van der Waals surface area contributed by atoms with E-state index in [4.69, 9.17) is 11.6 Å². The molecular formula is C11H13ClN4. The van der Waals surface area contributed by atoms with Crippen molar-refractivity contribution in [2.45, 2.75) is 13.5 Å². The van der Waals surface area contributed by atoms with Crippen LogP contribution >= 0.6 is 11.6 Å². The molecule has 0 amide bonds. The van der Waals surface area contributed by atoms with Crippen LogP contribution in [0.5, 0.6) is 0 Å². The molecule has 84 valence electrons. The maximum absolute atomic E-state index is 5.79. The second-order valence-corrected chi connectivity index (χ2v) is 3.97. The molecule has 16 heavy (non-hydrogen) atoms. The van der Waals surface area contributed by atoms with Gasteiger partial charge in [0, 0.05) is 24.8 Å². The zero-order chi connectivity index (χ0) is 11.5. The van der Waals surface area contributed by atoms with E-state index in [1.54, 1.807) is 6.07 Å². The standard InChI is InChI=1S/C11H13ClN4/c1-8-9(7-14-16(8)2)6-13-11-5-3-4-10(12)15-11/h3-5,7H,6H2,1-2H3,(H,13,15). The van der Waals surface area contributed by atoms with Gasteiger partial charge in [0.2, 0.25) is 0 Å². The van der Waals surface area contributed by atoms with Gasteiger partial charge in [-0.15, -0.1) is 0 Å². The third-order valence-electron chi connectivity index (χ3n) is 2.51. The van der Waals surface area contributed by atoms with Gasteiger partial charge in [-0.2, -0.15) is 5.10 Å². The fourth-order valence-electron chi connectivity index (χ4n) is 1.41. The molecule has 2 aromatic rings. The minimum atomic E-state index is 0.493. The summed E-state index contributed by atoms with van der Waals surface area (Å²) >= 11 is 5.79. The van der Waals surface area contributed by atoms with Gasteiger partial charge < -0.3 is 5.32 Å². The van der Waals surface area contributed by atoms with Gasteiger partial charge in [0.25, 0.3) is 0 Å². The van der Waals surface area contributed by atoms with Gasteiger partial charge in [-0.25, -0.2) is 4.98 Å². The van der Waals surface area contributed by atoms with Crippen LogP contribution in [0.4, 0.5) is 5.82 Å². The van der Waals surface area contributed by atoms with Crippen molar-refractivity contribution in [3.63, 3.8) is 0 Å². The molecule has 0 aliphatic carbocycles. The zero-order valence-electron chi connectivity index (χ0n) is 9.24. The Balaban J connectivity index is 2.05. The minimum absolute atomic E-state index is 0.493. The Morgan fingerprint density at radius 2 is 2.25 bits per heavy atom. The maximum Gasteiger partial charge on any atom is 0.131 e. The lowest BCUT2D eigenvalue weighted by Crippen LogP contribution is -2.02. The highest BCUT2D eigenvalue weighted by Crippen LogP contribution is 2.12. The molecule has 1 N–H and O–H groups in total. The molecular weight excluding hydrogens is 224 g/mol. The summed E-state index contributed by atoms with van der Waals surface area (Å²) < 4.78 is 1.85. The summed E-state index contributed by atoms with van der Waals surface area (Å²) in [6.07, 6.45) is 1.85. The van der Waals surface area contributed by atoms with Crippen molar-refractivity contribution in [3.05, 3.63) is 40.8 Å². The van der Waals surface area contributed by atoms with Gasteiger partial charge in [0.1, 0.15) is 11.0 Å². The summed E-state index contributed by atoms with van der Waals surface area (Å²) in [5.41, 5.74) is 2.30. The Hall–Kier alpha value is -1.55. The van der Waals surface area contributed by atoms with Crippen molar-refractivity contribution in [2.24, 2.45) is 7.05 Å². The molecule has 0 aliphatic rings. The lowest BCUT2D eigenvalue weighted by atomic mass is 10.2. The van der Waals surface area contributed by atoms with Crippen LogP contribution in [0, 0.1) is 6.92 Å². The molecule has 0 aromatic carbocycles. The van der Waals surface area contributed by atoms with E-state index >= 15 is 0 Å². The van der Waals surface area contributed by atoms with Gasteiger partial charge >= 0.3 is 0 Å². The average Bonchev–Trinajstić information content (AvgIpc) is 2.57. The Morgan fingerprint density at radius 3 is 2.88 bits per heavy atom. The summed E-state index contributed by atoms with van der Waals surface area (Å²) in [7, 11) is 1.93. The van der Waals surface area contributed by atoms with E-state index in [9.17, 15) is 0 Å². The predicted molar refractivity (Wildman–Crippen MR) is 64.5 cm³/mol. The predicted octanol–water partition coefficient (Wildman–Crippen LogP) is 2.39. The quantitative estimate of drug-likeness (QED) is 0.833. The van der Waals surface area contributed by atoms with Crippen LogP contribution in [0.15, 0.2) is 24.4 Å². The number of rotatable bonds is 3. The molecule has 0 atom stereocenters. The molecule has 5 heteroatoms. The molecule has 0 aliphatic heterocycles. The first kappa shape index (κ1) is 11.0. The number of halogens is 1. The molecule has 0 unspecified atom stereocenters. The molecule has 0 bridgehead atoms. The first-order valence-electron chi connectivity index (χ1n) is 5.01. The molecule has 0 radical (unpaired) electrons.